The van der Waals surface area contributed by atoms with Gasteiger partial charge in [-0.15, -0.1) is 0 Å². The first-order valence-corrected chi connectivity index (χ1v) is 9.67. The van der Waals surface area contributed by atoms with Gasteiger partial charge in [0.2, 0.25) is 0 Å². The van der Waals surface area contributed by atoms with Crippen molar-refractivity contribution in [2.24, 2.45) is 0 Å². The molecule has 134 valence electrons. The van der Waals surface area contributed by atoms with Crippen LogP contribution in [0.2, 0.25) is 0 Å². The van der Waals surface area contributed by atoms with Crippen molar-refractivity contribution in [3.63, 3.8) is 0 Å². The molecule has 1 amide bonds. The van der Waals surface area contributed by atoms with Gasteiger partial charge in [-0.3, -0.25) is 14.7 Å². The highest BCUT2D eigenvalue weighted by Gasteiger charge is 2.14. The maximum atomic E-state index is 12.6. The van der Waals surface area contributed by atoms with Crippen molar-refractivity contribution >= 4 is 23.4 Å². The second-order valence-electron chi connectivity index (χ2n) is 6.16. The molecule has 0 saturated heterocycles. The Kier molecular flexibility index (Phi) is 5.32. The molecule has 0 aliphatic rings. The molecular formula is C20H21N3O2S. The second-order valence-corrected chi connectivity index (χ2v) is 7.02. The summed E-state index contributed by atoms with van der Waals surface area (Å²) in [6.07, 6.45) is 2.04. The van der Waals surface area contributed by atoms with Crippen LogP contribution in [0.4, 0.5) is 5.69 Å². The van der Waals surface area contributed by atoms with Crippen LogP contribution in [0.5, 0.6) is 0 Å². The van der Waals surface area contributed by atoms with Crippen molar-refractivity contribution in [1.29, 1.82) is 0 Å². The Bertz CT molecular complexity index is 987. The standard InChI is InChI=1S/C20H21N3O2S/c1-13-7-9-16(10-8-13)23-19(24)11-18(22-23)20(25)21-17-6-4-5-15(12-26-3)14(17)2/h4-11,22H,12H2,1-3H3,(H,21,25). The average Bonchev–Trinajstić information content (AvgIpc) is 3.01. The molecule has 26 heavy (non-hydrogen) atoms. The van der Waals surface area contributed by atoms with Gasteiger partial charge in [-0.1, -0.05) is 29.8 Å². The Hall–Kier alpha value is -2.73. The number of nitrogens with one attached hydrogen (secondary N) is 2. The number of hydrogen-bond acceptors (Lipinski definition) is 3. The largest absolute Gasteiger partial charge is 0.320 e. The summed E-state index contributed by atoms with van der Waals surface area (Å²) in [6.45, 7) is 3.97. The number of aryl methyl sites for hydroxylation is 1. The lowest BCUT2D eigenvalue weighted by Gasteiger charge is -2.11. The van der Waals surface area contributed by atoms with Crippen LogP contribution >= 0.6 is 11.8 Å². The molecule has 3 aromatic rings. The number of anilines is 1. The smallest absolute Gasteiger partial charge is 0.273 e. The minimum Gasteiger partial charge on any atom is -0.320 e. The van der Waals surface area contributed by atoms with Crippen LogP contribution in [0.15, 0.2) is 53.3 Å². The van der Waals surface area contributed by atoms with E-state index in [4.69, 9.17) is 0 Å². The summed E-state index contributed by atoms with van der Waals surface area (Å²) in [5, 5.41) is 5.78. The van der Waals surface area contributed by atoms with E-state index in [-0.39, 0.29) is 17.2 Å². The van der Waals surface area contributed by atoms with Gasteiger partial charge in [0.15, 0.2) is 0 Å². The monoisotopic (exact) mass is 367 g/mol. The van der Waals surface area contributed by atoms with E-state index < -0.39 is 0 Å². The average molecular weight is 367 g/mol. The quantitative estimate of drug-likeness (QED) is 0.719. The number of amides is 1. The zero-order valence-corrected chi connectivity index (χ0v) is 15.8. The number of H-pyrrole nitrogens is 1. The number of benzene rings is 2. The number of hydrogen-bond donors (Lipinski definition) is 2. The molecule has 0 atom stereocenters. The highest BCUT2D eigenvalue weighted by atomic mass is 32.2. The molecule has 1 aromatic heterocycles. The Morgan fingerprint density at radius 1 is 1.15 bits per heavy atom. The van der Waals surface area contributed by atoms with E-state index in [1.54, 1.807) is 11.8 Å². The third kappa shape index (κ3) is 3.75. The van der Waals surface area contributed by atoms with Gasteiger partial charge in [-0.25, -0.2) is 4.68 Å². The molecule has 0 saturated carbocycles. The number of thioether (sulfide) groups is 1. The van der Waals surface area contributed by atoms with E-state index in [1.165, 1.54) is 16.3 Å². The van der Waals surface area contributed by atoms with Gasteiger partial charge in [-0.05, 0) is 49.4 Å². The van der Waals surface area contributed by atoms with Gasteiger partial charge < -0.3 is 5.32 Å². The van der Waals surface area contributed by atoms with Crippen LogP contribution in [0.25, 0.3) is 5.69 Å². The second kappa shape index (κ2) is 7.66. The number of carbonyl (C=O) groups excluding carboxylic acids is 1. The summed E-state index contributed by atoms with van der Waals surface area (Å²) >= 11 is 1.73. The molecule has 3 rings (SSSR count). The minimum absolute atomic E-state index is 0.227. The van der Waals surface area contributed by atoms with Crippen LogP contribution in [0, 0.1) is 13.8 Å². The first-order valence-electron chi connectivity index (χ1n) is 8.27. The fourth-order valence-electron chi connectivity index (χ4n) is 2.72. The molecule has 0 spiro atoms. The predicted molar refractivity (Wildman–Crippen MR) is 107 cm³/mol. The highest BCUT2D eigenvalue weighted by Crippen LogP contribution is 2.22. The van der Waals surface area contributed by atoms with E-state index in [0.29, 0.717) is 5.69 Å². The summed E-state index contributed by atoms with van der Waals surface area (Å²) in [6, 6.07) is 14.7. The minimum atomic E-state index is -0.336. The lowest BCUT2D eigenvalue weighted by molar-refractivity contribution is 0.102. The SMILES string of the molecule is CSCc1cccc(NC(=O)c2cc(=O)n(-c3ccc(C)cc3)[nH]2)c1C. The molecule has 2 N–H and O–H groups in total. The van der Waals surface area contributed by atoms with E-state index >= 15 is 0 Å². The zero-order chi connectivity index (χ0) is 18.7. The first-order chi connectivity index (χ1) is 12.5. The third-order valence-electron chi connectivity index (χ3n) is 4.25. The van der Waals surface area contributed by atoms with Crippen molar-refractivity contribution in [1.82, 2.24) is 9.78 Å². The highest BCUT2D eigenvalue weighted by molar-refractivity contribution is 7.97. The van der Waals surface area contributed by atoms with Crippen molar-refractivity contribution in [3.8, 4) is 5.69 Å². The number of aromatic nitrogens is 2. The lowest BCUT2D eigenvalue weighted by Crippen LogP contribution is -2.15. The number of rotatable bonds is 5. The van der Waals surface area contributed by atoms with Crippen LogP contribution in [0.1, 0.15) is 27.2 Å². The maximum Gasteiger partial charge on any atom is 0.273 e. The molecule has 0 aliphatic heterocycles. The third-order valence-corrected chi connectivity index (χ3v) is 4.85. The van der Waals surface area contributed by atoms with Crippen molar-refractivity contribution in [3.05, 3.63) is 81.3 Å². The lowest BCUT2D eigenvalue weighted by atomic mass is 10.1. The van der Waals surface area contributed by atoms with Gasteiger partial charge in [-0.2, -0.15) is 11.8 Å². The van der Waals surface area contributed by atoms with E-state index in [1.807, 2.05) is 56.5 Å². The zero-order valence-electron chi connectivity index (χ0n) is 15.0. The Morgan fingerprint density at radius 3 is 2.58 bits per heavy atom. The normalized spacial score (nSPS) is 10.7. The topological polar surface area (TPSA) is 66.9 Å². The number of aromatic amines is 1. The summed E-state index contributed by atoms with van der Waals surface area (Å²) < 4.78 is 1.37. The summed E-state index contributed by atoms with van der Waals surface area (Å²) in [4.78, 5) is 24.8. The summed E-state index contributed by atoms with van der Waals surface area (Å²) in [5.41, 5.74) is 4.73. The molecular weight excluding hydrogens is 346 g/mol. The van der Waals surface area contributed by atoms with Crippen LogP contribution < -0.4 is 10.9 Å². The Labute approximate surface area is 156 Å². The van der Waals surface area contributed by atoms with Crippen molar-refractivity contribution in [2.75, 3.05) is 11.6 Å². The van der Waals surface area contributed by atoms with Crippen molar-refractivity contribution in [2.45, 2.75) is 19.6 Å². The van der Waals surface area contributed by atoms with Crippen LogP contribution in [0.3, 0.4) is 0 Å². The molecule has 0 bridgehead atoms. The Morgan fingerprint density at radius 2 is 1.88 bits per heavy atom. The van der Waals surface area contributed by atoms with Crippen LogP contribution in [-0.2, 0) is 5.75 Å². The predicted octanol–water partition coefficient (Wildman–Crippen LogP) is 3.90. The van der Waals surface area contributed by atoms with Gasteiger partial charge in [0.05, 0.1) is 5.69 Å². The molecule has 0 aliphatic carbocycles. The van der Waals surface area contributed by atoms with E-state index in [2.05, 4.69) is 16.5 Å². The summed E-state index contributed by atoms with van der Waals surface area (Å²) in [5.74, 6) is 0.549. The first kappa shape index (κ1) is 18.1. The molecule has 1 heterocycles. The van der Waals surface area contributed by atoms with E-state index in [9.17, 15) is 9.59 Å². The van der Waals surface area contributed by atoms with Gasteiger partial charge in [0.25, 0.3) is 11.5 Å². The van der Waals surface area contributed by atoms with E-state index in [0.717, 1.165) is 22.6 Å². The van der Waals surface area contributed by atoms with Gasteiger partial charge >= 0.3 is 0 Å². The molecule has 2 aromatic carbocycles. The van der Waals surface area contributed by atoms with Gasteiger partial charge in [0.1, 0.15) is 5.69 Å². The van der Waals surface area contributed by atoms with Gasteiger partial charge in [0, 0.05) is 17.5 Å². The van der Waals surface area contributed by atoms with Crippen molar-refractivity contribution < 1.29 is 4.79 Å². The fraction of sp³-hybridized carbons (Fsp3) is 0.200. The molecule has 6 heteroatoms. The summed E-state index contributed by atoms with van der Waals surface area (Å²) in [7, 11) is 0. The molecule has 0 radical (unpaired) electrons. The van der Waals surface area contributed by atoms with Crippen LogP contribution in [-0.4, -0.2) is 21.9 Å². The maximum absolute atomic E-state index is 12.6. The molecule has 0 unspecified atom stereocenters. The number of carbonyl (C=O) groups is 1. The molecule has 5 nitrogen and oxygen atoms in total. The number of nitrogens with zero attached hydrogens (tertiary/aromatic N) is 1. The fourth-order valence-corrected chi connectivity index (χ4v) is 3.34. The molecule has 0 fully saturated rings. The Balaban J connectivity index is 1.86.